The molecule has 1 aromatic carbocycles. The number of hydrogen-bond donors (Lipinski definition) is 1. The summed E-state index contributed by atoms with van der Waals surface area (Å²) in [7, 11) is 0. The maximum absolute atomic E-state index is 11.3. The minimum Gasteiger partial charge on any atom is -0.378 e. The van der Waals surface area contributed by atoms with Crippen LogP contribution in [0.25, 0.3) is 0 Å². The number of benzene rings is 1. The number of carbonyl (C=O) groups is 1. The summed E-state index contributed by atoms with van der Waals surface area (Å²) < 4.78 is 5.62. The SMILES string of the molecule is CC1CC(C(Br)c2ccc3c(c2)CC(=O)N3)CO1. The lowest BCUT2D eigenvalue weighted by molar-refractivity contribution is -0.115. The fourth-order valence-electron chi connectivity index (χ4n) is 2.75. The van der Waals surface area contributed by atoms with Crippen LogP contribution < -0.4 is 5.32 Å². The van der Waals surface area contributed by atoms with E-state index in [1.54, 1.807) is 0 Å². The minimum atomic E-state index is 0.0890. The molecular weight excluding hydrogens is 294 g/mol. The summed E-state index contributed by atoms with van der Waals surface area (Å²) in [6.45, 7) is 2.93. The second kappa shape index (κ2) is 4.67. The lowest BCUT2D eigenvalue weighted by Crippen LogP contribution is -2.07. The number of fused-ring (bicyclic) bond motifs is 1. The number of halogens is 1. The Morgan fingerprint density at radius 1 is 1.50 bits per heavy atom. The van der Waals surface area contributed by atoms with Gasteiger partial charge in [-0.3, -0.25) is 4.79 Å². The zero-order valence-electron chi connectivity index (χ0n) is 10.3. The van der Waals surface area contributed by atoms with E-state index in [0.717, 1.165) is 24.3 Å². The molecule has 0 spiro atoms. The Hall–Kier alpha value is -0.870. The van der Waals surface area contributed by atoms with E-state index in [-0.39, 0.29) is 5.91 Å². The molecule has 3 rings (SSSR count). The quantitative estimate of drug-likeness (QED) is 0.853. The summed E-state index contributed by atoms with van der Waals surface area (Å²) >= 11 is 3.78. The van der Waals surface area contributed by atoms with Gasteiger partial charge in [-0.05, 0) is 30.5 Å². The van der Waals surface area contributed by atoms with Gasteiger partial charge in [-0.2, -0.15) is 0 Å². The van der Waals surface area contributed by atoms with Crippen LogP contribution in [0.5, 0.6) is 0 Å². The first kappa shape index (κ1) is 12.2. The highest BCUT2D eigenvalue weighted by Crippen LogP contribution is 2.39. The van der Waals surface area contributed by atoms with Gasteiger partial charge in [0.25, 0.3) is 0 Å². The van der Waals surface area contributed by atoms with Gasteiger partial charge in [-0.25, -0.2) is 0 Å². The molecule has 3 nitrogen and oxygen atoms in total. The van der Waals surface area contributed by atoms with Crippen LogP contribution in [-0.4, -0.2) is 18.6 Å². The van der Waals surface area contributed by atoms with Crippen molar-refractivity contribution in [2.24, 2.45) is 5.92 Å². The van der Waals surface area contributed by atoms with E-state index in [9.17, 15) is 4.79 Å². The first-order chi connectivity index (χ1) is 8.63. The first-order valence-electron chi connectivity index (χ1n) is 6.32. The monoisotopic (exact) mass is 309 g/mol. The predicted octanol–water partition coefficient (Wildman–Crippen LogP) is 3.04. The number of alkyl halides is 1. The van der Waals surface area contributed by atoms with Gasteiger partial charge in [-0.1, -0.05) is 28.1 Å². The van der Waals surface area contributed by atoms with Gasteiger partial charge in [0.05, 0.1) is 19.1 Å². The van der Waals surface area contributed by atoms with Crippen molar-refractivity contribution in [1.29, 1.82) is 0 Å². The third-order valence-corrected chi connectivity index (χ3v) is 4.99. The number of ether oxygens (including phenoxy) is 1. The van der Waals surface area contributed by atoms with Gasteiger partial charge in [0.1, 0.15) is 0 Å². The van der Waals surface area contributed by atoms with Crippen molar-refractivity contribution in [3.05, 3.63) is 29.3 Å². The van der Waals surface area contributed by atoms with Gasteiger partial charge in [-0.15, -0.1) is 0 Å². The van der Waals surface area contributed by atoms with Crippen LogP contribution in [-0.2, 0) is 16.0 Å². The summed E-state index contributed by atoms with van der Waals surface area (Å²) in [4.78, 5) is 11.6. The van der Waals surface area contributed by atoms with Crippen molar-refractivity contribution in [2.45, 2.75) is 30.7 Å². The van der Waals surface area contributed by atoms with Gasteiger partial charge in [0.2, 0.25) is 5.91 Å². The van der Waals surface area contributed by atoms with Crippen molar-refractivity contribution in [3.8, 4) is 0 Å². The maximum Gasteiger partial charge on any atom is 0.228 e. The summed E-state index contributed by atoms with van der Waals surface area (Å²) in [5.74, 6) is 0.606. The average molecular weight is 310 g/mol. The van der Waals surface area contributed by atoms with Gasteiger partial charge >= 0.3 is 0 Å². The van der Waals surface area contributed by atoms with Crippen LogP contribution in [0.3, 0.4) is 0 Å². The highest BCUT2D eigenvalue weighted by Gasteiger charge is 2.29. The van der Waals surface area contributed by atoms with E-state index in [0.29, 0.717) is 23.3 Å². The summed E-state index contributed by atoms with van der Waals surface area (Å²) in [5.41, 5.74) is 3.31. The van der Waals surface area contributed by atoms with E-state index in [1.165, 1.54) is 5.56 Å². The Bertz CT molecular complexity index is 489. The van der Waals surface area contributed by atoms with Gasteiger partial charge < -0.3 is 10.1 Å². The molecular formula is C14H16BrNO2. The van der Waals surface area contributed by atoms with Crippen LogP contribution in [0.2, 0.25) is 0 Å². The van der Waals surface area contributed by atoms with Crippen LogP contribution in [0.4, 0.5) is 5.69 Å². The standard InChI is InChI=1S/C14H16BrNO2/c1-8-4-11(7-18-8)14(15)9-2-3-12-10(5-9)6-13(17)16-12/h2-3,5,8,11,14H,4,6-7H2,1H3,(H,16,17). The molecule has 0 aliphatic carbocycles. The second-order valence-corrected chi connectivity index (χ2v) is 6.17. The van der Waals surface area contributed by atoms with Crippen molar-refractivity contribution in [3.63, 3.8) is 0 Å². The van der Waals surface area contributed by atoms with E-state index >= 15 is 0 Å². The molecule has 0 bridgehead atoms. The summed E-state index contributed by atoms with van der Waals surface area (Å²) in [6.07, 6.45) is 1.94. The molecule has 0 saturated carbocycles. The molecule has 1 saturated heterocycles. The summed E-state index contributed by atoms with van der Waals surface area (Å²) in [6, 6.07) is 6.23. The highest BCUT2D eigenvalue weighted by atomic mass is 79.9. The number of nitrogens with one attached hydrogen (secondary N) is 1. The topological polar surface area (TPSA) is 38.3 Å². The maximum atomic E-state index is 11.3. The second-order valence-electron chi connectivity index (χ2n) is 5.18. The van der Waals surface area contributed by atoms with Crippen LogP contribution in [0, 0.1) is 5.92 Å². The van der Waals surface area contributed by atoms with E-state index in [1.807, 2.05) is 6.07 Å². The van der Waals surface area contributed by atoms with Crippen molar-refractivity contribution < 1.29 is 9.53 Å². The fourth-order valence-corrected chi connectivity index (χ4v) is 3.40. The van der Waals surface area contributed by atoms with Crippen LogP contribution in [0.1, 0.15) is 29.3 Å². The van der Waals surface area contributed by atoms with Crippen molar-refractivity contribution in [2.75, 3.05) is 11.9 Å². The largest absolute Gasteiger partial charge is 0.378 e. The number of amides is 1. The number of anilines is 1. The Balaban J connectivity index is 1.81. The Labute approximate surface area is 115 Å². The van der Waals surface area contributed by atoms with Crippen LogP contribution >= 0.6 is 15.9 Å². The zero-order valence-corrected chi connectivity index (χ0v) is 11.9. The smallest absolute Gasteiger partial charge is 0.228 e. The molecule has 2 heterocycles. The Kier molecular flexibility index (Phi) is 3.16. The van der Waals surface area contributed by atoms with E-state index in [4.69, 9.17) is 4.74 Å². The molecule has 3 unspecified atom stereocenters. The average Bonchev–Trinajstić information content (AvgIpc) is 2.92. The lowest BCUT2D eigenvalue weighted by atomic mass is 9.95. The molecule has 1 N–H and O–H groups in total. The van der Waals surface area contributed by atoms with E-state index in [2.05, 4.69) is 40.3 Å². The molecule has 4 heteroatoms. The fraction of sp³-hybridized carbons (Fsp3) is 0.500. The molecule has 2 aliphatic rings. The molecule has 3 atom stereocenters. The Morgan fingerprint density at radius 2 is 2.33 bits per heavy atom. The van der Waals surface area contributed by atoms with Crippen molar-refractivity contribution in [1.82, 2.24) is 0 Å². The molecule has 0 aromatic heterocycles. The molecule has 0 radical (unpaired) electrons. The third kappa shape index (κ3) is 2.19. The lowest BCUT2D eigenvalue weighted by Gasteiger charge is -2.17. The van der Waals surface area contributed by atoms with Crippen LogP contribution in [0.15, 0.2) is 18.2 Å². The Morgan fingerprint density at radius 3 is 3.06 bits per heavy atom. The van der Waals surface area contributed by atoms with Gasteiger partial charge in [0, 0.05) is 16.4 Å². The van der Waals surface area contributed by atoms with Gasteiger partial charge in [0.15, 0.2) is 0 Å². The number of rotatable bonds is 2. The molecule has 96 valence electrons. The molecule has 18 heavy (non-hydrogen) atoms. The van der Waals surface area contributed by atoms with E-state index < -0.39 is 0 Å². The third-order valence-electron chi connectivity index (χ3n) is 3.72. The molecule has 1 aromatic rings. The van der Waals surface area contributed by atoms with Crippen molar-refractivity contribution >= 4 is 27.5 Å². The number of hydrogen-bond acceptors (Lipinski definition) is 2. The molecule has 1 fully saturated rings. The summed E-state index contributed by atoms with van der Waals surface area (Å²) in [5, 5.41) is 2.86. The molecule has 1 amide bonds. The number of carbonyl (C=O) groups excluding carboxylic acids is 1. The normalized spacial score (nSPS) is 28.0. The molecule has 2 aliphatic heterocycles. The minimum absolute atomic E-state index is 0.0890. The highest BCUT2D eigenvalue weighted by molar-refractivity contribution is 9.09. The first-order valence-corrected chi connectivity index (χ1v) is 7.23. The predicted molar refractivity (Wildman–Crippen MR) is 74.0 cm³/mol. The zero-order chi connectivity index (χ0) is 12.7.